The normalized spacial score (nSPS) is 10.6. The molecule has 0 aliphatic carbocycles. The average Bonchev–Trinajstić information content (AvgIpc) is 2.57. The van der Waals surface area contributed by atoms with E-state index in [1.807, 2.05) is 38.2 Å². The molecule has 0 spiro atoms. The number of aromatic nitrogens is 2. The van der Waals surface area contributed by atoms with Crippen molar-refractivity contribution in [2.24, 2.45) is 0 Å². The van der Waals surface area contributed by atoms with Crippen molar-refractivity contribution in [1.82, 2.24) is 9.97 Å². The zero-order valence-corrected chi connectivity index (χ0v) is 13.5. The molecule has 0 unspecified atom stereocenters. The topological polar surface area (TPSA) is 78.4 Å². The first-order chi connectivity index (χ1) is 11.5. The lowest BCUT2D eigenvalue weighted by Crippen LogP contribution is -2.31. The van der Waals surface area contributed by atoms with Gasteiger partial charge in [-0.05, 0) is 42.8 Å². The predicted molar refractivity (Wildman–Crippen MR) is 94.3 cm³/mol. The Morgan fingerprint density at radius 2 is 2.00 bits per heavy atom. The van der Waals surface area contributed by atoms with Crippen molar-refractivity contribution < 1.29 is 9.90 Å². The van der Waals surface area contributed by atoms with Crippen molar-refractivity contribution in [2.75, 3.05) is 23.8 Å². The van der Waals surface area contributed by atoms with Crippen molar-refractivity contribution in [3.8, 4) is 5.75 Å². The van der Waals surface area contributed by atoms with Crippen molar-refractivity contribution in [2.45, 2.75) is 6.92 Å². The quantitative estimate of drug-likeness (QED) is 0.722. The van der Waals surface area contributed by atoms with Crippen LogP contribution < -0.4 is 10.2 Å². The number of aryl methyl sites for hydroxylation is 1. The number of anilines is 2. The SMILES string of the molecule is Cc1cc(O)ccc1NC(=O)CN(C)c1ncnc2ccccc12. The lowest BCUT2D eigenvalue weighted by atomic mass is 10.2. The number of aromatic hydroxyl groups is 1. The van der Waals surface area contributed by atoms with Gasteiger partial charge in [-0.3, -0.25) is 4.79 Å². The minimum Gasteiger partial charge on any atom is -0.508 e. The van der Waals surface area contributed by atoms with Crippen LogP contribution in [0, 0.1) is 6.92 Å². The maximum Gasteiger partial charge on any atom is 0.243 e. The number of phenols is 1. The fourth-order valence-electron chi connectivity index (χ4n) is 2.56. The third-order valence-corrected chi connectivity index (χ3v) is 3.75. The highest BCUT2D eigenvalue weighted by molar-refractivity contribution is 5.96. The van der Waals surface area contributed by atoms with Crippen LogP contribution >= 0.6 is 0 Å². The molecule has 0 radical (unpaired) electrons. The van der Waals surface area contributed by atoms with Gasteiger partial charge in [0.25, 0.3) is 0 Å². The van der Waals surface area contributed by atoms with Gasteiger partial charge >= 0.3 is 0 Å². The second-order valence-corrected chi connectivity index (χ2v) is 5.62. The number of nitrogens with zero attached hydrogens (tertiary/aromatic N) is 3. The molecule has 122 valence electrons. The monoisotopic (exact) mass is 322 g/mol. The fraction of sp³-hybridized carbons (Fsp3) is 0.167. The molecule has 1 aromatic heterocycles. The molecule has 6 nitrogen and oxygen atoms in total. The number of likely N-dealkylation sites (N-methyl/N-ethyl adjacent to an activating group) is 1. The van der Waals surface area contributed by atoms with Gasteiger partial charge in [-0.25, -0.2) is 9.97 Å². The molecule has 0 saturated heterocycles. The molecular weight excluding hydrogens is 304 g/mol. The minimum atomic E-state index is -0.158. The van der Waals surface area contributed by atoms with E-state index in [4.69, 9.17) is 0 Å². The van der Waals surface area contributed by atoms with Gasteiger partial charge in [0.05, 0.1) is 12.1 Å². The Labute approximate surface area is 139 Å². The number of benzene rings is 2. The Hall–Kier alpha value is -3.15. The zero-order valence-electron chi connectivity index (χ0n) is 13.5. The van der Waals surface area contributed by atoms with Gasteiger partial charge in [0.1, 0.15) is 17.9 Å². The lowest BCUT2D eigenvalue weighted by Gasteiger charge is -2.19. The number of fused-ring (bicyclic) bond motifs is 1. The smallest absolute Gasteiger partial charge is 0.243 e. The van der Waals surface area contributed by atoms with Gasteiger partial charge in [0.2, 0.25) is 5.91 Å². The van der Waals surface area contributed by atoms with E-state index < -0.39 is 0 Å². The summed E-state index contributed by atoms with van der Waals surface area (Å²) in [5.74, 6) is 0.724. The Kier molecular flexibility index (Phi) is 4.29. The Morgan fingerprint density at radius 3 is 2.79 bits per heavy atom. The van der Waals surface area contributed by atoms with Crippen LogP contribution in [-0.2, 0) is 4.79 Å². The summed E-state index contributed by atoms with van der Waals surface area (Å²) in [6.45, 7) is 1.98. The van der Waals surface area contributed by atoms with E-state index in [2.05, 4.69) is 15.3 Å². The summed E-state index contributed by atoms with van der Waals surface area (Å²) in [4.78, 5) is 22.6. The second kappa shape index (κ2) is 6.54. The number of nitrogens with one attached hydrogen (secondary N) is 1. The number of amides is 1. The van der Waals surface area contributed by atoms with Gasteiger partial charge in [0, 0.05) is 18.1 Å². The standard InChI is InChI=1S/C18H18N4O2/c1-12-9-13(23)7-8-15(12)21-17(24)10-22(2)18-14-5-3-4-6-16(14)19-11-20-18/h3-9,11,23H,10H2,1-2H3,(H,21,24). The number of carbonyl (C=O) groups is 1. The number of carbonyl (C=O) groups excluding carboxylic acids is 1. The second-order valence-electron chi connectivity index (χ2n) is 5.62. The van der Waals surface area contributed by atoms with E-state index in [1.54, 1.807) is 23.1 Å². The van der Waals surface area contributed by atoms with E-state index in [0.29, 0.717) is 11.5 Å². The molecule has 0 aliphatic rings. The molecule has 0 fully saturated rings. The van der Waals surface area contributed by atoms with Crippen LogP contribution in [0.3, 0.4) is 0 Å². The maximum absolute atomic E-state index is 12.3. The molecule has 2 N–H and O–H groups in total. The summed E-state index contributed by atoms with van der Waals surface area (Å²) in [5, 5.41) is 13.2. The fourth-order valence-corrected chi connectivity index (χ4v) is 2.56. The third-order valence-electron chi connectivity index (χ3n) is 3.75. The lowest BCUT2D eigenvalue weighted by molar-refractivity contribution is -0.114. The Balaban J connectivity index is 1.76. The van der Waals surface area contributed by atoms with Gasteiger partial charge < -0.3 is 15.3 Å². The molecule has 1 heterocycles. The average molecular weight is 322 g/mol. The predicted octanol–water partition coefficient (Wildman–Crippen LogP) is 2.72. The number of hydrogen-bond acceptors (Lipinski definition) is 5. The molecule has 0 bridgehead atoms. The van der Waals surface area contributed by atoms with Crippen LogP contribution in [0.1, 0.15) is 5.56 Å². The third kappa shape index (κ3) is 3.27. The number of hydrogen-bond donors (Lipinski definition) is 2. The van der Waals surface area contributed by atoms with Crippen molar-refractivity contribution in [3.05, 3.63) is 54.4 Å². The molecule has 6 heteroatoms. The van der Waals surface area contributed by atoms with E-state index >= 15 is 0 Å². The van der Waals surface area contributed by atoms with Crippen molar-refractivity contribution in [1.29, 1.82) is 0 Å². The molecule has 3 rings (SSSR count). The van der Waals surface area contributed by atoms with Crippen LogP contribution in [0.25, 0.3) is 10.9 Å². The molecule has 0 saturated carbocycles. The molecule has 2 aromatic carbocycles. The molecule has 0 atom stereocenters. The Bertz CT molecular complexity index is 890. The Morgan fingerprint density at radius 1 is 1.21 bits per heavy atom. The molecule has 3 aromatic rings. The van der Waals surface area contributed by atoms with Crippen LogP contribution in [-0.4, -0.2) is 34.6 Å². The van der Waals surface area contributed by atoms with E-state index in [-0.39, 0.29) is 18.2 Å². The summed E-state index contributed by atoms with van der Waals surface area (Å²) in [7, 11) is 1.82. The van der Waals surface area contributed by atoms with Gasteiger partial charge in [0.15, 0.2) is 0 Å². The maximum atomic E-state index is 12.3. The first kappa shape index (κ1) is 15.7. The van der Waals surface area contributed by atoms with E-state index in [0.717, 1.165) is 16.5 Å². The van der Waals surface area contributed by atoms with Gasteiger partial charge in [-0.15, -0.1) is 0 Å². The highest BCUT2D eigenvalue weighted by Gasteiger charge is 2.13. The highest BCUT2D eigenvalue weighted by atomic mass is 16.3. The van der Waals surface area contributed by atoms with Gasteiger partial charge in [-0.1, -0.05) is 12.1 Å². The first-order valence-corrected chi connectivity index (χ1v) is 7.55. The highest BCUT2D eigenvalue weighted by Crippen LogP contribution is 2.22. The summed E-state index contributed by atoms with van der Waals surface area (Å²) in [6, 6.07) is 12.5. The van der Waals surface area contributed by atoms with Gasteiger partial charge in [-0.2, -0.15) is 0 Å². The van der Waals surface area contributed by atoms with Crippen LogP contribution in [0.5, 0.6) is 5.75 Å². The minimum absolute atomic E-state index is 0.154. The molecule has 1 amide bonds. The number of para-hydroxylation sites is 1. The summed E-state index contributed by atoms with van der Waals surface area (Å²) in [6.07, 6.45) is 1.50. The number of phenolic OH excluding ortho intramolecular Hbond substituents is 1. The van der Waals surface area contributed by atoms with Crippen LogP contribution in [0.4, 0.5) is 11.5 Å². The van der Waals surface area contributed by atoms with E-state index in [1.165, 1.54) is 6.33 Å². The molecular formula is C18H18N4O2. The largest absolute Gasteiger partial charge is 0.508 e. The summed E-state index contributed by atoms with van der Waals surface area (Å²) in [5.41, 5.74) is 2.32. The molecule has 0 aliphatic heterocycles. The van der Waals surface area contributed by atoms with Crippen LogP contribution in [0.15, 0.2) is 48.8 Å². The van der Waals surface area contributed by atoms with Crippen LogP contribution in [0.2, 0.25) is 0 Å². The number of rotatable bonds is 4. The van der Waals surface area contributed by atoms with Crippen molar-refractivity contribution in [3.63, 3.8) is 0 Å². The first-order valence-electron chi connectivity index (χ1n) is 7.55. The zero-order chi connectivity index (χ0) is 17.1. The van der Waals surface area contributed by atoms with Crippen molar-refractivity contribution >= 4 is 28.3 Å². The van der Waals surface area contributed by atoms with E-state index in [9.17, 15) is 9.90 Å². The summed E-state index contributed by atoms with van der Waals surface area (Å²) >= 11 is 0. The summed E-state index contributed by atoms with van der Waals surface area (Å²) < 4.78 is 0. The molecule has 24 heavy (non-hydrogen) atoms.